The Morgan fingerprint density at radius 3 is 2.81 bits per heavy atom. The van der Waals surface area contributed by atoms with Gasteiger partial charge in [0.1, 0.15) is 18.1 Å². The van der Waals surface area contributed by atoms with Gasteiger partial charge >= 0.3 is 0 Å². The molecule has 3 heterocycles. The molecule has 0 aliphatic carbocycles. The number of nitrogens with zero attached hydrogens (tertiary/aromatic N) is 2. The second-order valence-corrected chi connectivity index (χ2v) is 8.24. The summed E-state index contributed by atoms with van der Waals surface area (Å²) in [5.74, 6) is 1.73. The van der Waals surface area contributed by atoms with E-state index in [2.05, 4.69) is 29.2 Å². The lowest BCUT2D eigenvalue weighted by atomic mass is 9.77. The van der Waals surface area contributed by atoms with Crippen LogP contribution in [0.1, 0.15) is 22.3 Å². The Bertz CT molecular complexity index is 1210. The number of ether oxygens (including phenoxy) is 3. The fourth-order valence-electron chi connectivity index (χ4n) is 5.01. The van der Waals surface area contributed by atoms with Crippen LogP contribution in [0.25, 0.3) is 0 Å². The first-order valence-corrected chi connectivity index (χ1v) is 10.2. The number of hydrogen-bond donors (Lipinski definition) is 0. The van der Waals surface area contributed by atoms with Gasteiger partial charge < -0.3 is 19.1 Å². The highest BCUT2D eigenvalue weighted by molar-refractivity contribution is 5.70. The first-order chi connectivity index (χ1) is 15.1. The van der Waals surface area contributed by atoms with Gasteiger partial charge in [0.15, 0.2) is 6.79 Å². The Labute approximate surface area is 178 Å². The Kier molecular flexibility index (Phi) is 3.94. The van der Waals surface area contributed by atoms with Crippen molar-refractivity contribution in [3.05, 3.63) is 93.0 Å². The monoisotopic (exact) mass is 416 g/mol. The van der Waals surface area contributed by atoms with Crippen molar-refractivity contribution < 1.29 is 19.1 Å². The highest BCUT2D eigenvalue weighted by Crippen LogP contribution is 2.53. The summed E-state index contributed by atoms with van der Waals surface area (Å²) in [6.07, 6.45) is 0. The quantitative estimate of drug-likeness (QED) is 0.472. The fourth-order valence-corrected chi connectivity index (χ4v) is 5.01. The van der Waals surface area contributed by atoms with Gasteiger partial charge in [-0.2, -0.15) is 0 Å². The number of nitro benzene ring substituents is 1. The standard InChI is InChI=1S/C24H20N2O5/c27-26(28)18-5-3-4-16(8-18)11-25-13-24(19-6-1-2-7-21(19)25)14-30-23-9-17-12-29-15-31-22(17)10-20(23)24/h1-10H,11-15H2. The molecule has 156 valence electrons. The third-order valence-electron chi connectivity index (χ3n) is 6.42. The van der Waals surface area contributed by atoms with E-state index in [4.69, 9.17) is 14.2 Å². The number of para-hydroxylation sites is 1. The smallest absolute Gasteiger partial charge is 0.269 e. The molecule has 0 aromatic heterocycles. The molecule has 1 unspecified atom stereocenters. The molecule has 1 spiro atoms. The van der Waals surface area contributed by atoms with Crippen LogP contribution in [0, 0.1) is 10.1 Å². The van der Waals surface area contributed by atoms with Crippen molar-refractivity contribution in [2.45, 2.75) is 18.6 Å². The minimum atomic E-state index is -0.350. The number of benzene rings is 3. The van der Waals surface area contributed by atoms with Crippen LogP contribution < -0.4 is 14.4 Å². The Morgan fingerprint density at radius 1 is 1.00 bits per heavy atom. The zero-order chi connectivity index (χ0) is 21.0. The van der Waals surface area contributed by atoms with Crippen LogP contribution in [0.3, 0.4) is 0 Å². The van der Waals surface area contributed by atoms with Gasteiger partial charge in [-0.3, -0.25) is 10.1 Å². The largest absolute Gasteiger partial charge is 0.492 e. The van der Waals surface area contributed by atoms with Gasteiger partial charge in [-0.05, 0) is 29.3 Å². The highest BCUT2D eigenvalue weighted by Gasteiger charge is 2.50. The average Bonchev–Trinajstić information content (AvgIpc) is 3.31. The van der Waals surface area contributed by atoms with E-state index in [1.807, 2.05) is 18.2 Å². The summed E-state index contributed by atoms with van der Waals surface area (Å²) in [5.41, 5.74) is 5.19. The molecule has 3 aliphatic rings. The normalized spacial score (nSPS) is 20.6. The molecular formula is C24H20N2O5. The van der Waals surface area contributed by atoms with Gasteiger partial charge in [-0.25, -0.2) is 0 Å². The first kappa shape index (κ1) is 18.2. The molecule has 0 saturated heterocycles. The summed E-state index contributed by atoms with van der Waals surface area (Å²) in [6.45, 7) is 2.65. The molecule has 0 amide bonds. The molecule has 0 fully saturated rings. The van der Waals surface area contributed by atoms with Gasteiger partial charge in [-0.15, -0.1) is 0 Å². The molecule has 31 heavy (non-hydrogen) atoms. The summed E-state index contributed by atoms with van der Waals surface area (Å²) < 4.78 is 17.3. The second-order valence-electron chi connectivity index (χ2n) is 8.24. The van der Waals surface area contributed by atoms with Gasteiger partial charge in [0.05, 0.1) is 16.9 Å². The molecule has 3 aliphatic heterocycles. The lowest BCUT2D eigenvalue weighted by molar-refractivity contribution is -0.384. The predicted molar refractivity (Wildman–Crippen MR) is 114 cm³/mol. The van der Waals surface area contributed by atoms with Crippen LogP contribution in [0.4, 0.5) is 11.4 Å². The summed E-state index contributed by atoms with van der Waals surface area (Å²) in [4.78, 5) is 13.1. The summed E-state index contributed by atoms with van der Waals surface area (Å²) >= 11 is 0. The number of nitro groups is 1. The Balaban J connectivity index is 1.41. The van der Waals surface area contributed by atoms with Crippen molar-refractivity contribution in [2.75, 3.05) is 24.8 Å². The maximum absolute atomic E-state index is 11.2. The van der Waals surface area contributed by atoms with Crippen LogP contribution in [-0.4, -0.2) is 24.9 Å². The second kappa shape index (κ2) is 6.72. The van der Waals surface area contributed by atoms with Crippen molar-refractivity contribution in [1.82, 2.24) is 0 Å². The minimum absolute atomic E-state index is 0.111. The maximum Gasteiger partial charge on any atom is 0.269 e. The van der Waals surface area contributed by atoms with Gasteiger partial charge in [0.2, 0.25) is 0 Å². The summed E-state index contributed by atoms with van der Waals surface area (Å²) in [6, 6.07) is 19.3. The van der Waals surface area contributed by atoms with E-state index in [0.29, 0.717) is 19.8 Å². The third-order valence-corrected chi connectivity index (χ3v) is 6.42. The van der Waals surface area contributed by atoms with E-state index >= 15 is 0 Å². The lowest BCUT2D eigenvalue weighted by Crippen LogP contribution is -2.36. The van der Waals surface area contributed by atoms with Crippen LogP contribution in [0.15, 0.2) is 60.7 Å². The molecule has 0 N–H and O–H groups in total. The van der Waals surface area contributed by atoms with Crippen molar-refractivity contribution in [3.8, 4) is 11.5 Å². The molecule has 7 nitrogen and oxygen atoms in total. The molecule has 0 radical (unpaired) electrons. The molecule has 0 saturated carbocycles. The predicted octanol–water partition coefficient (Wildman–Crippen LogP) is 4.16. The molecule has 7 heteroatoms. The Morgan fingerprint density at radius 2 is 1.90 bits per heavy atom. The van der Waals surface area contributed by atoms with E-state index in [1.165, 1.54) is 11.6 Å². The lowest BCUT2D eigenvalue weighted by Gasteiger charge is -2.26. The topological polar surface area (TPSA) is 74.1 Å². The zero-order valence-corrected chi connectivity index (χ0v) is 16.7. The number of fused-ring (bicyclic) bond motifs is 5. The van der Waals surface area contributed by atoms with Crippen molar-refractivity contribution >= 4 is 11.4 Å². The van der Waals surface area contributed by atoms with Crippen molar-refractivity contribution in [3.63, 3.8) is 0 Å². The van der Waals surface area contributed by atoms with Crippen LogP contribution in [0.2, 0.25) is 0 Å². The first-order valence-electron chi connectivity index (χ1n) is 10.2. The van der Waals surface area contributed by atoms with E-state index < -0.39 is 0 Å². The van der Waals surface area contributed by atoms with E-state index in [9.17, 15) is 10.1 Å². The van der Waals surface area contributed by atoms with E-state index in [1.54, 1.807) is 12.1 Å². The third kappa shape index (κ3) is 2.77. The number of hydrogen-bond acceptors (Lipinski definition) is 6. The molecule has 6 rings (SSSR count). The number of non-ortho nitro benzene ring substituents is 1. The van der Waals surface area contributed by atoms with E-state index in [-0.39, 0.29) is 22.8 Å². The van der Waals surface area contributed by atoms with Gasteiger partial charge in [0, 0.05) is 42.0 Å². The van der Waals surface area contributed by atoms with E-state index in [0.717, 1.165) is 40.4 Å². The van der Waals surface area contributed by atoms with Crippen LogP contribution in [0.5, 0.6) is 11.5 Å². The number of anilines is 1. The van der Waals surface area contributed by atoms with Crippen LogP contribution in [-0.2, 0) is 23.3 Å². The van der Waals surface area contributed by atoms with Gasteiger partial charge in [0.25, 0.3) is 5.69 Å². The number of rotatable bonds is 3. The SMILES string of the molecule is O=[N+]([O-])c1cccc(CN2CC3(COc4cc5c(cc43)OCOC5)c3ccccc32)c1. The maximum atomic E-state index is 11.2. The minimum Gasteiger partial charge on any atom is -0.492 e. The summed E-state index contributed by atoms with van der Waals surface area (Å²) in [7, 11) is 0. The van der Waals surface area contributed by atoms with Crippen molar-refractivity contribution in [1.29, 1.82) is 0 Å². The highest BCUT2D eigenvalue weighted by atomic mass is 16.7. The zero-order valence-electron chi connectivity index (χ0n) is 16.7. The van der Waals surface area contributed by atoms with Gasteiger partial charge in [-0.1, -0.05) is 30.3 Å². The molecule has 3 aromatic rings. The molecule has 0 bridgehead atoms. The molecule has 3 aromatic carbocycles. The molecular weight excluding hydrogens is 396 g/mol. The molecule has 1 atom stereocenters. The fraction of sp³-hybridized carbons (Fsp3) is 0.250. The summed E-state index contributed by atoms with van der Waals surface area (Å²) in [5, 5.41) is 11.2. The van der Waals surface area contributed by atoms with Crippen molar-refractivity contribution in [2.24, 2.45) is 0 Å². The Hall–Kier alpha value is -3.58. The average molecular weight is 416 g/mol. The van der Waals surface area contributed by atoms with Crippen LogP contribution >= 0.6 is 0 Å².